The fourth-order valence-corrected chi connectivity index (χ4v) is 2.29. The highest BCUT2D eigenvalue weighted by Crippen LogP contribution is 2.26. The zero-order valence-electron chi connectivity index (χ0n) is 10.0. The van der Waals surface area contributed by atoms with E-state index in [0.717, 1.165) is 5.56 Å². The topological polar surface area (TPSA) is 38.0 Å². The average Bonchev–Trinajstić information content (AvgIpc) is 2.44. The average molecular weight is 327 g/mol. The number of benzene rings is 2. The van der Waals surface area contributed by atoms with Crippen LogP contribution in [-0.4, -0.2) is 0 Å². The third-order valence-corrected chi connectivity index (χ3v) is 3.56. The minimum atomic E-state index is -0.587. The lowest BCUT2D eigenvalue weighted by Crippen LogP contribution is -2.30. The van der Waals surface area contributed by atoms with Crippen molar-refractivity contribution in [2.24, 2.45) is 5.84 Å². The number of hydrogen-bond acceptors (Lipinski definition) is 2. The highest BCUT2D eigenvalue weighted by molar-refractivity contribution is 9.10. The summed E-state index contributed by atoms with van der Waals surface area (Å²) in [6.45, 7) is 0. The molecule has 0 aromatic heterocycles. The summed E-state index contributed by atoms with van der Waals surface area (Å²) < 4.78 is 27.9. The van der Waals surface area contributed by atoms with Crippen LogP contribution in [-0.2, 0) is 6.42 Å². The van der Waals surface area contributed by atoms with Crippen LogP contribution in [0.25, 0.3) is 0 Å². The molecule has 0 amide bonds. The van der Waals surface area contributed by atoms with Crippen LogP contribution in [0.1, 0.15) is 17.2 Å². The second-order valence-electron chi connectivity index (χ2n) is 4.16. The first-order valence-electron chi connectivity index (χ1n) is 5.77. The van der Waals surface area contributed by atoms with Crippen LogP contribution >= 0.6 is 15.9 Å². The number of rotatable bonds is 4. The Morgan fingerprint density at radius 1 is 1.11 bits per heavy atom. The largest absolute Gasteiger partial charge is 0.271 e. The summed E-state index contributed by atoms with van der Waals surface area (Å²) in [5, 5.41) is 0. The summed E-state index contributed by atoms with van der Waals surface area (Å²) >= 11 is 3.05. The standard InChI is InChI=1S/C14H13BrF2N2/c15-11-6-7-12(16)10(14(11)17)8-13(19-18)9-4-2-1-3-5-9/h1-7,13,19H,8,18H2. The van der Waals surface area contributed by atoms with Gasteiger partial charge in [0, 0.05) is 5.56 Å². The van der Waals surface area contributed by atoms with Gasteiger partial charge >= 0.3 is 0 Å². The number of halogens is 3. The molecule has 2 nitrogen and oxygen atoms in total. The van der Waals surface area contributed by atoms with Crippen LogP contribution in [0.3, 0.4) is 0 Å². The number of hydrazine groups is 1. The normalized spacial score (nSPS) is 12.4. The Morgan fingerprint density at radius 2 is 1.79 bits per heavy atom. The van der Waals surface area contributed by atoms with Gasteiger partial charge in [-0.2, -0.15) is 0 Å². The molecule has 0 bridgehead atoms. The quantitative estimate of drug-likeness (QED) is 0.513. The zero-order valence-corrected chi connectivity index (χ0v) is 11.6. The fraction of sp³-hybridized carbons (Fsp3) is 0.143. The van der Waals surface area contributed by atoms with Crippen LogP contribution in [0.15, 0.2) is 46.9 Å². The van der Waals surface area contributed by atoms with Gasteiger partial charge < -0.3 is 0 Å². The van der Waals surface area contributed by atoms with Gasteiger partial charge in [0.2, 0.25) is 0 Å². The van der Waals surface area contributed by atoms with Crippen LogP contribution in [0.2, 0.25) is 0 Å². The van der Waals surface area contributed by atoms with Gasteiger partial charge in [-0.3, -0.25) is 11.3 Å². The van der Waals surface area contributed by atoms with Gasteiger partial charge in [0.25, 0.3) is 0 Å². The van der Waals surface area contributed by atoms with E-state index in [4.69, 9.17) is 5.84 Å². The maximum Gasteiger partial charge on any atom is 0.143 e. The molecular weight excluding hydrogens is 314 g/mol. The second-order valence-corrected chi connectivity index (χ2v) is 5.01. The molecule has 19 heavy (non-hydrogen) atoms. The molecule has 0 aliphatic rings. The van der Waals surface area contributed by atoms with E-state index in [1.54, 1.807) is 0 Å². The number of nitrogens with one attached hydrogen (secondary N) is 1. The molecule has 5 heteroatoms. The van der Waals surface area contributed by atoms with Gasteiger partial charge in [0.1, 0.15) is 11.6 Å². The SMILES string of the molecule is NNC(Cc1c(F)ccc(Br)c1F)c1ccccc1. The van der Waals surface area contributed by atoms with E-state index in [-0.39, 0.29) is 22.5 Å². The van der Waals surface area contributed by atoms with Gasteiger partial charge in [-0.1, -0.05) is 30.3 Å². The van der Waals surface area contributed by atoms with Crippen molar-refractivity contribution in [3.8, 4) is 0 Å². The Kier molecular flexibility index (Phi) is 4.63. The predicted molar refractivity (Wildman–Crippen MR) is 74.3 cm³/mol. The summed E-state index contributed by atoms with van der Waals surface area (Å²) in [5.41, 5.74) is 3.49. The minimum absolute atomic E-state index is 0.0150. The van der Waals surface area contributed by atoms with Crippen LogP contribution in [0.5, 0.6) is 0 Å². The first kappa shape index (κ1) is 14.1. The van der Waals surface area contributed by atoms with Crippen molar-refractivity contribution < 1.29 is 8.78 Å². The molecule has 2 rings (SSSR count). The van der Waals surface area contributed by atoms with Crippen LogP contribution in [0, 0.1) is 11.6 Å². The zero-order chi connectivity index (χ0) is 13.8. The van der Waals surface area contributed by atoms with Gasteiger partial charge in [0.05, 0.1) is 10.5 Å². The minimum Gasteiger partial charge on any atom is -0.271 e. The van der Waals surface area contributed by atoms with E-state index in [1.807, 2.05) is 30.3 Å². The first-order chi connectivity index (χ1) is 9.13. The summed E-state index contributed by atoms with van der Waals surface area (Å²) in [6, 6.07) is 11.5. The van der Waals surface area contributed by atoms with Crippen molar-refractivity contribution >= 4 is 15.9 Å². The van der Waals surface area contributed by atoms with Crippen molar-refractivity contribution in [3.63, 3.8) is 0 Å². The fourth-order valence-electron chi connectivity index (χ4n) is 1.92. The lowest BCUT2D eigenvalue weighted by molar-refractivity contribution is 0.498. The predicted octanol–water partition coefficient (Wildman–Crippen LogP) is 3.47. The molecular formula is C14H13BrF2N2. The second kappa shape index (κ2) is 6.23. The maximum atomic E-state index is 13.9. The number of hydrogen-bond donors (Lipinski definition) is 2. The molecule has 1 atom stereocenters. The Bertz CT molecular complexity index is 561. The molecule has 0 fully saturated rings. The van der Waals surface area contributed by atoms with Gasteiger partial charge in [-0.25, -0.2) is 8.78 Å². The van der Waals surface area contributed by atoms with Gasteiger partial charge in [-0.15, -0.1) is 0 Å². The van der Waals surface area contributed by atoms with E-state index >= 15 is 0 Å². The molecule has 0 aliphatic carbocycles. The molecule has 2 aromatic rings. The van der Waals surface area contributed by atoms with Crippen LogP contribution in [0.4, 0.5) is 8.78 Å². The van der Waals surface area contributed by atoms with Crippen molar-refractivity contribution in [3.05, 3.63) is 69.7 Å². The maximum absolute atomic E-state index is 13.9. The molecule has 0 heterocycles. The smallest absolute Gasteiger partial charge is 0.143 e. The lowest BCUT2D eigenvalue weighted by atomic mass is 9.99. The molecule has 0 saturated carbocycles. The van der Waals surface area contributed by atoms with E-state index in [1.165, 1.54) is 12.1 Å². The number of nitrogens with two attached hydrogens (primary N) is 1. The summed E-state index contributed by atoms with van der Waals surface area (Å²) in [5.74, 6) is 4.33. The Hall–Kier alpha value is -1.30. The molecule has 0 aliphatic heterocycles. The van der Waals surface area contributed by atoms with E-state index < -0.39 is 11.6 Å². The summed E-state index contributed by atoms with van der Waals surface area (Å²) in [7, 11) is 0. The Morgan fingerprint density at radius 3 is 2.42 bits per heavy atom. The molecule has 1 unspecified atom stereocenters. The molecule has 3 N–H and O–H groups in total. The third kappa shape index (κ3) is 3.18. The van der Waals surface area contributed by atoms with E-state index in [2.05, 4.69) is 21.4 Å². The highest BCUT2D eigenvalue weighted by atomic mass is 79.9. The first-order valence-corrected chi connectivity index (χ1v) is 6.56. The molecule has 2 aromatic carbocycles. The monoisotopic (exact) mass is 326 g/mol. The Labute approximate surface area is 118 Å². The lowest BCUT2D eigenvalue weighted by Gasteiger charge is -2.17. The molecule has 0 radical (unpaired) electrons. The van der Waals surface area contributed by atoms with Gasteiger partial charge in [-0.05, 0) is 40.0 Å². The van der Waals surface area contributed by atoms with Crippen LogP contribution < -0.4 is 11.3 Å². The molecule has 0 saturated heterocycles. The third-order valence-electron chi connectivity index (χ3n) is 2.95. The summed E-state index contributed by atoms with van der Waals surface area (Å²) in [6.07, 6.45) is 0.137. The highest BCUT2D eigenvalue weighted by Gasteiger charge is 2.18. The van der Waals surface area contributed by atoms with Crippen molar-refractivity contribution in [2.45, 2.75) is 12.5 Å². The van der Waals surface area contributed by atoms with Crippen molar-refractivity contribution in [2.75, 3.05) is 0 Å². The summed E-state index contributed by atoms with van der Waals surface area (Å²) in [4.78, 5) is 0. The van der Waals surface area contributed by atoms with E-state index in [9.17, 15) is 8.78 Å². The van der Waals surface area contributed by atoms with Crippen molar-refractivity contribution in [1.29, 1.82) is 0 Å². The molecule has 0 spiro atoms. The molecule has 100 valence electrons. The Balaban J connectivity index is 2.32. The van der Waals surface area contributed by atoms with Gasteiger partial charge in [0.15, 0.2) is 0 Å². The van der Waals surface area contributed by atoms with E-state index in [0.29, 0.717) is 0 Å². The van der Waals surface area contributed by atoms with Crippen molar-refractivity contribution in [1.82, 2.24) is 5.43 Å².